The summed E-state index contributed by atoms with van der Waals surface area (Å²) in [6.07, 6.45) is 0. The highest BCUT2D eigenvalue weighted by Gasteiger charge is 2.14. The summed E-state index contributed by atoms with van der Waals surface area (Å²) >= 11 is 0. The van der Waals surface area contributed by atoms with E-state index in [1.54, 1.807) is 6.07 Å². The summed E-state index contributed by atoms with van der Waals surface area (Å²) < 4.78 is 0. The van der Waals surface area contributed by atoms with Crippen molar-refractivity contribution in [2.45, 2.75) is 26.6 Å². The van der Waals surface area contributed by atoms with Crippen molar-refractivity contribution in [3.8, 4) is 11.5 Å². The first-order chi connectivity index (χ1) is 7.31. The predicted molar refractivity (Wildman–Crippen MR) is 68.1 cm³/mol. The van der Waals surface area contributed by atoms with E-state index in [-0.39, 0.29) is 10.6 Å². The van der Waals surface area contributed by atoms with E-state index in [2.05, 4.69) is 31.1 Å². The highest BCUT2D eigenvalue weighted by Crippen LogP contribution is 2.20. The van der Waals surface area contributed by atoms with Gasteiger partial charge in [-0.25, -0.2) is 0 Å². The summed E-state index contributed by atoms with van der Waals surface area (Å²) in [5.74, 6) is 2.97. The van der Waals surface area contributed by atoms with Gasteiger partial charge in [-0.15, -0.1) is 5.54 Å². The maximum absolute atomic E-state index is 10.8. The molecule has 0 saturated carbocycles. The van der Waals surface area contributed by atoms with Gasteiger partial charge in [0.1, 0.15) is 13.6 Å². The first kappa shape index (κ1) is 12.5. The number of hydrogen-bond acceptors (Lipinski definition) is 2. The second-order valence-electron chi connectivity index (χ2n) is 4.73. The smallest absolute Gasteiger partial charge is 0.258 e. The Morgan fingerprint density at radius 1 is 1.31 bits per heavy atom. The zero-order valence-electron chi connectivity index (χ0n) is 10.00. The first-order valence-corrected chi connectivity index (χ1v) is 8.58. The molecule has 0 bridgehead atoms. The zero-order chi connectivity index (χ0) is 12.3. The van der Waals surface area contributed by atoms with Crippen molar-refractivity contribution in [3.05, 3.63) is 39.4 Å². The fourth-order valence-corrected chi connectivity index (χ4v) is 1.72. The molecule has 0 N–H and O–H groups in total. The Hall–Kier alpha value is -1.60. The third-order valence-electron chi connectivity index (χ3n) is 2.01. The van der Waals surface area contributed by atoms with Crippen molar-refractivity contribution in [3.63, 3.8) is 0 Å². The maximum Gasteiger partial charge on any atom is 0.285 e. The van der Waals surface area contributed by atoms with Crippen molar-refractivity contribution in [1.29, 1.82) is 0 Å². The molecule has 84 valence electrons. The Kier molecular flexibility index (Phi) is 3.50. The van der Waals surface area contributed by atoms with Gasteiger partial charge in [0.2, 0.25) is 0 Å². The van der Waals surface area contributed by atoms with E-state index < -0.39 is 8.07 Å². The van der Waals surface area contributed by atoms with E-state index in [0.717, 1.165) is 5.56 Å². The van der Waals surface area contributed by atoms with Crippen molar-refractivity contribution in [1.82, 2.24) is 0 Å². The van der Waals surface area contributed by atoms with Crippen molar-refractivity contribution in [2.75, 3.05) is 0 Å². The van der Waals surface area contributed by atoms with Crippen LogP contribution in [0.4, 0.5) is 5.69 Å². The van der Waals surface area contributed by atoms with Gasteiger partial charge in [-0.05, 0) is 12.5 Å². The molecular weight excluding hydrogens is 218 g/mol. The minimum absolute atomic E-state index is 0.103. The van der Waals surface area contributed by atoms with Crippen LogP contribution in [0.25, 0.3) is 0 Å². The average molecular weight is 233 g/mol. The van der Waals surface area contributed by atoms with Gasteiger partial charge in [0, 0.05) is 6.07 Å². The lowest BCUT2D eigenvalue weighted by Crippen LogP contribution is -2.16. The van der Waals surface area contributed by atoms with Crippen LogP contribution in [0, 0.1) is 28.5 Å². The SMILES string of the molecule is Cc1cccc([N+](=O)[O-])c1C#C[Si](C)(C)C. The summed E-state index contributed by atoms with van der Waals surface area (Å²) in [5.41, 5.74) is 4.67. The number of nitro groups is 1. The van der Waals surface area contributed by atoms with Crippen LogP contribution in [0.3, 0.4) is 0 Å². The topological polar surface area (TPSA) is 43.1 Å². The maximum atomic E-state index is 10.8. The molecule has 0 amide bonds. The quantitative estimate of drug-likeness (QED) is 0.324. The molecule has 0 aliphatic heterocycles. The molecule has 1 rings (SSSR count). The fraction of sp³-hybridized carbons (Fsp3) is 0.333. The van der Waals surface area contributed by atoms with Gasteiger partial charge in [0.25, 0.3) is 5.69 Å². The number of benzene rings is 1. The third kappa shape index (κ3) is 3.21. The number of nitrogens with zero attached hydrogens (tertiary/aromatic N) is 1. The number of hydrogen-bond donors (Lipinski definition) is 0. The van der Waals surface area contributed by atoms with Crippen LogP contribution < -0.4 is 0 Å². The van der Waals surface area contributed by atoms with Crippen LogP contribution in [0.15, 0.2) is 18.2 Å². The van der Waals surface area contributed by atoms with E-state index >= 15 is 0 Å². The Balaban J connectivity index is 3.30. The lowest BCUT2D eigenvalue weighted by atomic mass is 10.1. The molecule has 1 aromatic rings. The molecule has 0 fully saturated rings. The van der Waals surface area contributed by atoms with E-state index in [0.29, 0.717) is 5.56 Å². The molecule has 1 aromatic carbocycles. The van der Waals surface area contributed by atoms with Crippen LogP contribution in [-0.4, -0.2) is 13.0 Å². The van der Waals surface area contributed by atoms with Crippen LogP contribution >= 0.6 is 0 Å². The van der Waals surface area contributed by atoms with Gasteiger partial charge in [-0.1, -0.05) is 37.7 Å². The Labute approximate surface area is 96.7 Å². The number of rotatable bonds is 1. The van der Waals surface area contributed by atoms with Crippen molar-refractivity contribution in [2.24, 2.45) is 0 Å². The number of aryl methyl sites for hydroxylation is 1. The van der Waals surface area contributed by atoms with Gasteiger partial charge < -0.3 is 0 Å². The van der Waals surface area contributed by atoms with Crippen LogP contribution in [0.2, 0.25) is 19.6 Å². The minimum Gasteiger partial charge on any atom is -0.258 e. The molecule has 0 radical (unpaired) electrons. The molecule has 0 heterocycles. The lowest BCUT2D eigenvalue weighted by molar-refractivity contribution is -0.385. The van der Waals surface area contributed by atoms with E-state index in [1.807, 2.05) is 13.0 Å². The van der Waals surface area contributed by atoms with E-state index in [9.17, 15) is 10.1 Å². The molecule has 0 atom stereocenters. The van der Waals surface area contributed by atoms with Gasteiger partial charge in [0.05, 0.1) is 4.92 Å². The molecule has 4 heteroatoms. The second-order valence-corrected chi connectivity index (χ2v) is 9.48. The molecule has 0 aliphatic rings. The Morgan fingerprint density at radius 3 is 2.44 bits per heavy atom. The predicted octanol–water partition coefficient (Wildman–Crippen LogP) is 3.13. The fourth-order valence-electron chi connectivity index (χ4n) is 1.22. The largest absolute Gasteiger partial charge is 0.285 e. The van der Waals surface area contributed by atoms with Gasteiger partial charge in [0.15, 0.2) is 0 Å². The normalized spacial score (nSPS) is 10.5. The summed E-state index contributed by atoms with van der Waals surface area (Å²) in [6, 6.07) is 5.04. The van der Waals surface area contributed by atoms with Gasteiger partial charge >= 0.3 is 0 Å². The van der Waals surface area contributed by atoms with Gasteiger partial charge in [-0.3, -0.25) is 10.1 Å². The monoisotopic (exact) mass is 233 g/mol. The molecule has 0 aromatic heterocycles. The highest BCUT2D eigenvalue weighted by atomic mass is 28.3. The Bertz CT molecular complexity index is 478. The zero-order valence-corrected chi connectivity index (χ0v) is 11.0. The Morgan fingerprint density at radius 2 is 1.94 bits per heavy atom. The second kappa shape index (κ2) is 4.50. The van der Waals surface area contributed by atoms with Crippen LogP contribution in [0.5, 0.6) is 0 Å². The van der Waals surface area contributed by atoms with Crippen LogP contribution in [0.1, 0.15) is 11.1 Å². The molecule has 0 aliphatic carbocycles. The summed E-state index contributed by atoms with van der Waals surface area (Å²) in [7, 11) is -1.50. The van der Waals surface area contributed by atoms with Gasteiger partial charge in [-0.2, -0.15) is 0 Å². The summed E-state index contributed by atoms with van der Waals surface area (Å²) in [4.78, 5) is 10.5. The average Bonchev–Trinajstić information content (AvgIpc) is 2.13. The molecule has 3 nitrogen and oxygen atoms in total. The molecule has 0 spiro atoms. The third-order valence-corrected chi connectivity index (χ3v) is 2.88. The highest BCUT2D eigenvalue weighted by molar-refractivity contribution is 6.83. The van der Waals surface area contributed by atoms with Crippen molar-refractivity contribution < 1.29 is 4.92 Å². The first-order valence-electron chi connectivity index (χ1n) is 5.08. The standard InChI is InChI=1S/C12H15NO2Si/c1-10-6-5-7-12(13(14)15)11(10)8-9-16(2,3)4/h5-7H,1-4H3. The van der Waals surface area contributed by atoms with Crippen molar-refractivity contribution >= 4 is 13.8 Å². The molecule has 0 unspecified atom stereocenters. The number of nitro benzene ring substituents is 1. The van der Waals surface area contributed by atoms with Crippen LogP contribution in [-0.2, 0) is 0 Å². The lowest BCUT2D eigenvalue weighted by Gasteiger charge is -2.04. The minimum atomic E-state index is -1.50. The summed E-state index contributed by atoms with van der Waals surface area (Å²) in [5, 5.41) is 10.8. The van der Waals surface area contributed by atoms with E-state index in [1.165, 1.54) is 6.07 Å². The summed E-state index contributed by atoms with van der Waals surface area (Å²) in [6.45, 7) is 8.19. The molecule has 0 saturated heterocycles. The molecule has 16 heavy (non-hydrogen) atoms. The van der Waals surface area contributed by atoms with E-state index in [4.69, 9.17) is 0 Å². The molecular formula is C12H15NO2Si.